The topological polar surface area (TPSA) is 42.7 Å². The highest BCUT2D eigenvalue weighted by Gasteiger charge is 2.23. The first kappa shape index (κ1) is 17.3. The molecule has 0 unspecified atom stereocenters. The van der Waals surface area contributed by atoms with Crippen molar-refractivity contribution in [1.82, 2.24) is 14.5 Å². The van der Waals surface area contributed by atoms with Crippen LogP contribution in [-0.2, 0) is 19.4 Å². The average molecular weight is 389 g/mol. The van der Waals surface area contributed by atoms with Gasteiger partial charge >= 0.3 is 0 Å². The van der Waals surface area contributed by atoms with E-state index in [9.17, 15) is 0 Å². The van der Waals surface area contributed by atoms with Crippen LogP contribution in [0.2, 0.25) is 5.02 Å². The molecule has 0 bridgehead atoms. The molecule has 4 aromatic rings. The van der Waals surface area contributed by atoms with Gasteiger partial charge in [0.25, 0.3) is 0 Å². The molecule has 1 N–H and O–H groups in total. The average Bonchev–Trinajstić information content (AvgIpc) is 3.04. The molecule has 2 aromatic heterocycles. The summed E-state index contributed by atoms with van der Waals surface area (Å²) in [5.41, 5.74) is 6.03. The third kappa shape index (κ3) is 3.14. The monoisotopic (exact) mass is 388 g/mol. The van der Waals surface area contributed by atoms with Gasteiger partial charge in [0, 0.05) is 22.9 Å². The molecule has 28 heavy (non-hydrogen) atoms. The second-order valence-electron chi connectivity index (χ2n) is 7.26. The third-order valence-corrected chi connectivity index (χ3v) is 5.66. The molecule has 5 rings (SSSR count). The zero-order chi connectivity index (χ0) is 18.9. The Balaban J connectivity index is 1.65. The van der Waals surface area contributed by atoms with E-state index in [1.165, 1.54) is 29.7 Å². The van der Waals surface area contributed by atoms with Crippen LogP contribution in [-0.4, -0.2) is 14.5 Å². The SMILES string of the molecule is Clc1cccc(Nc2ncnc3c2c2c(n3Cc3ccccc3)CCCC2)c1. The predicted molar refractivity (Wildman–Crippen MR) is 114 cm³/mol. The first-order valence-corrected chi connectivity index (χ1v) is 10.1. The summed E-state index contributed by atoms with van der Waals surface area (Å²) in [6, 6.07) is 18.3. The molecule has 0 saturated carbocycles. The van der Waals surface area contributed by atoms with Crippen molar-refractivity contribution in [3.8, 4) is 0 Å². The van der Waals surface area contributed by atoms with Gasteiger partial charge in [0.05, 0.1) is 5.39 Å². The number of hydrogen-bond acceptors (Lipinski definition) is 3. The molecule has 0 spiro atoms. The van der Waals surface area contributed by atoms with Crippen molar-refractivity contribution in [2.75, 3.05) is 5.32 Å². The largest absolute Gasteiger partial charge is 0.340 e. The Labute approximate surface area is 169 Å². The van der Waals surface area contributed by atoms with Gasteiger partial charge in [-0.1, -0.05) is 48.0 Å². The second kappa shape index (κ2) is 7.28. The first-order chi connectivity index (χ1) is 13.8. The molecule has 2 aromatic carbocycles. The van der Waals surface area contributed by atoms with Gasteiger partial charge in [-0.2, -0.15) is 0 Å². The fraction of sp³-hybridized carbons (Fsp3) is 0.217. The summed E-state index contributed by atoms with van der Waals surface area (Å²) in [6.45, 7) is 0.834. The minimum absolute atomic E-state index is 0.707. The van der Waals surface area contributed by atoms with Crippen molar-refractivity contribution in [2.24, 2.45) is 0 Å². The number of fused-ring (bicyclic) bond motifs is 3. The Bertz CT molecular complexity index is 1130. The van der Waals surface area contributed by atoms with Crippen LogP contribution in [0.15, 0.2) is 60.9 Å². The molecule has 1 aliphatic rings. The molecule has 1 aliphatic carbocycles. The molecule has 0 atom stereocenters. The lowest BCUT2D eigenvalue weighted by Gasteiger charge is -2.15. The van der Waals surface area contributed by atoms with Crippen LogP contribution < -0.4 is 5.32 Å². The van der Waals surface area contributed by atoms with Crippen molar-refractivity contribution < 1.29 is 0 Å². The van der Waals surface area contributed by atoms with Crippen LogP contribution in [0.1, 0.15) is 29.7 Å². The fourth-order valence-corrected chi connectivity index (χ4v) is 4.37. The molecule has 0 saturated heterocycles. The summed E-state index contributed by atoms with van der Waals surface area (Å²) >= 11 is 6.16. The molecule has 140 valence electrons. The molecule has 5 heteroatoms. The predicted octanol–water partition coefficient (Wildman–Crippen LogP) is 5.76. The van der Waals surface area contributed by atoms with Crippen LogP contribution in [0.25, 0.3) is 11.0 Å². The van der Waals surface area contributed by atoms with E-state index >= 15 is 0 Å². The van der Waals surface area contributed by atoms with E-state index in [0.717, 1.165) is 41.9 Å². The van der Waals surface area contributed by atoms with Gasteiger partial charge in [-0.05, 0) is 55.0 Å². The number of aryl methyl sites for hydroxylation is 1. The maximum absolute atomic E-state index is 6.16. The van der Waals surface area contributed by atoms with Crippen LogP contribution in [0, 0.1) is 0 Å². The summed E-state index contributed by atoms with van der Waals surface area (Å²) in [5, 5.41) is 5.32. The van der Waals surface area contributed by atoms with Gasteiger partial charge in [-0.15, -0.1) is 0 Å². The van der Waals surface area contributed by atoms with E-state index in [1.54, 1.807) is 6.33 Å². The summed E-state index contributed by atoms with van der Waals surface area (Å²) < 4.78 is 2.38. The fourth-order valence-electron chi connectivity index (χ4n) is 4.18. The summed E-state index contributed by atoms with van der Waals surface area (Å²) in [5.74, 6) is 0.859. The van der Waals surface area contributed by atoms with E-state index in [-0.39, 0.29) is 0 Å². The van der Waals surface area contributed by atoms with Crippen molar-refractivity contribution in [3.05, 3.63) is 82.8 Å². The molecule has 0 radical (unpaired) electrons. The van der Waals surface area contributed by atoms with E-state index in [1.807, 2.05) is 24.3 Å². The zero-order valence-corrected chi connectivity index (χ0v) is 16.3. The zero-order valence-electron chi connectivity index (χ0n) is 15.5. The highest BCUT2D eigenvalue weighted by Crippen LogP contribution is 2.36. The quantitative estimate of drug-likeness (QED) is 0.483. The Morgan fingerprint density at radius 2 is 1.82 bits per heavy atom. The lowest BCUT2D eigenvalue weighted by molar-refractivity contribution is 0.636. The first-order valence-electron chi connectivity index (χ1n) is 9.71. The lowest BCUT2D eigenvalue weighted by atomic mass is 9.96. The molecular weight excluding hydrogens is 368 g/mol. The maximum atomic E-state index is 6.16. The van der Waals surface area contributed by atoms with E-state index in [4.69, 9.17) is 11.6 Å². The molecule has 2 heterocycles. The minimum Gasteiger partial charge on any atom is -0.340 e. The van der Waals surface area contributed by atoms with Gasteiger partial charge in [0.1, 0.15) is 17.8 Å². The molecule has 0 amide bonds. The molecule has 0 aliphatic heterocycles. The van der Waals surface area contributed by atoms with E-state index in [2.05, 4.69) is 50.2 Å². The van der Waals surface area contributed by atoms with Crippen LogP contribution in [0.5, 0.6) is 0 Å². The second-order valence-corrected chi connectivity index (χ2v) is 7.70. The molecule has 4 nitrogen and oxygen atoms in total. The number of aromatic nitrogens is 3. The van der Waals surface area contributed by atoms with Crippen molar-refractivity contribution in [1.29, 1.82) is 0 Å². The number of nitrogens with one attached hydrogen (secondary N) is 1. The third-order valence-electron chi connectivity index (χ3n) is 5.42. The van der Waals surface area contributed by atoms with Crippen molar-refractivity contribution in [2.45, 2.75) is 32.2 Å². The van der Waals surface area contributed by atoms with Gasteiger partial charge in [-0.3, -0.25) is 0 Å². The normalized spacial score (nSPS) is 13.5. The Morgan fingerprint density at radius 3 is 2.68 bits per heavy atom. The smallest absolute Gasteiger partial charge is 0.146 e. The highest BCUT2D eigenvalue weighted by atomic mass is 35.5. The number of benzene rings is 2. The standard InChI is InChI=1S/C23H21ClN4/c24-17-9-6-10-18(13-17)27-22-21-19-11-4-5-12-20(19)28(23(21)26-15-25-22)14-16-7-2-1-3-8-16/h1-3,6-10,13,15H,4-5,11-12,14H2,(H,25,26,27). The van der Waals surface area contributed by atoms with Crippen molar-refractivity contribution in [3.63, 3.8) is 0 Å². The van der Waals surface area contributed by atoms with Crippen molar-refractivity contribution >= 4 is 34.1 Å². The minimum atomic E-state index is 0.707. The summed E-state index contributed by atoms with van der Waals surface area (Å²) in [6.07, 6.45) is 6.26. The van der Waals surface area contributed by atoms with Gasteiger partial charge in [0.15, 0.2) is 0 Å². The van der Waals surface area contributed by atoms with Crippen LogP contribution in [0.3, 0.4) is 0 Å². The summed E-state index contributed by atoms with van der Waals surface area (Å²) in [7, 11) is 0. The highest BCUT2D eigenvalue weighted by molar-refractivity contribution is 6.30. The lowest BCUT2D eigenvalue weighted by Crippen LogP contribution is -2.09. The van der Waals surface area contributed by atoms with Crippen LogP contribution in [0.4, 0.5) is 11.5 Å². The van der Waals surface area contributed by atoms with E-state index < -0.39 is 0 Å². The van der Waals surface area contributed by atoms with Gasteiger partial charge in [0.2, 0.25) is 0 Å². The number of anilines is 2. The number of halogens is 1. The van der Waals surface area contributed by atoms with Gasteiger partial charge < -0.3 is 9.88 Å². The number of hydrogen-bond donors (Lipinski definition) is 1. The summed E-state index contributed by atoms with van der Waals surface area (Å²) in [4.78, 5) is 9.27. The number of nitrogens with zero attached hydrogens (tertiary/aromatic N) is 3. The Kier molecular flexibility index (Phi) is 4.49. The Hall–Kier alpha value is -2.85. The van der Waals surface area contributed by atoms with E-state index in [0.29, 0.717) is 5.02 Å². The number of rotatable bonds is 4. The van der Waals surface area contributed by atoms with Crippen LogP contribution >= 0.6 is 11.6 Å². The molecular formula is C23H21ClN4. The Morgan fingerprint density at radius 1 is 0.964 bits per heavy atom. The maximum Gasteiger partial charge on any atom is 0.146 e. The van der Waals surface area contributed by atoms with Gasteiger partial charge in [-0.25, -0.2) is 9.97 Å². The molecule has 0 fully saturated rings.